The minimum absolute atomic E-state index is 0.0297. The molecule has 0 N–H and O–H groups in total. The number of allylic oxidation sites excluding steroid dienone is 2. The monoisotopic (exact) mass is 177 g/mol. The van der Waals surface area contributed by atoms with Crippen molar-refractivity contribution in [3.05, 3.63) is 11.6 Å². The van der Waals surface area contributed by atoms with Crippen LogP contribution in [-0.4, -0.2) is 5.78 Å². The molecular weight excluding hydrogens is 162 g/mol. The summed E-state index contributed by atoms with van der Waals surface area (Å²) in [5, 5.41) is 8.60. The molecule has 2 nitrogen and oxygen atoms in total. The molecule has 1 aliphatic rings. The van der Waals surface area contributed by atoms with E-state index in [0.717, 1.165) is 18.4 Å². The first kappa shape index (κ1) is 9.98. The minimum Gasteiger partial charge on any atom is -0.300 e. The van der Waals surface area contributed by atoms with Crippen LogP contribution in [-0.2, 0) is 4.79 Å². The van der Waals surface area contributed by atoms with Gasteiger partial charge in [-0.05, 0) is 18.3 Å². The zero-order valence-electron chi connectivity index (χ0n) is 8.26. The van der Waals surface area contributed by atoms with Crippen LogP contribution in [0.15, 0.2) is 11.6 Å². The maximum atomic E-state index is 11.2. The summed E-state index contributed by atoms with van der Waals surface area (Å²) < 4.78 is 0. The van der Waals surface area contributed by atoms with Gasteiger partial charge in [0, 0.05) is 18.9 Å². The zero-order chi connectivity index (χ0) is 9.90. The number of hydrogen-bond donors (Lipinski definition) is 0. The number of hydrogen-bond acceptors (Lipinski definition) is 2. The molecule has 0 spiro atoms. The van der Waals surface area contributed by atoms with E-state index in [9.17, 15) is 4.79 Å². The summed E-state index contributed by atoms with van der Waals surface area (Å²) >= 11 is 0. The summed E-state index contributed by atoms with van der Waals surface area (Å²) in [5.41, 5.74) is 1.16. The third-order valence-electron chi connectivity index (χ3n) is 2.81. The van der Waals surface area contributed by atoms with E-state index in [1.807, 2.05) is 0 Å². The van der Waals surface area contributed by atoms with Crippen molar-refractivity contribution in [2.24, 2.45) is 5.41 Å². The number of ketones is 1. The first-order chi connectivity index (χ1) is 6.06. The highest BCUT2D eigenvalue weighted by Crippen LogP contribution is 2.37. The topological polar surface area (TPSA) is 40.9 Å². The number of rotatable bonds is 0. The molecule has 0 bridgehead atoms. The lowest BCUT2D eigenvalue weighted by Gasteiger charge is -2.24. The first-order valence-electron chi connectivity index (χ1n) is 4.67. The van der Waals surface area contributed by atoms with Gasteiger partial charge in [-0.15, -0.1) is 0 Å². The maximum Gasteiger partial charge on any atom is 0.133 e. The fourth-order valence-corrected chi connectivity index (χ4v) is 1.70. The number of nitrogens with zero attached hydrogens (tertiary/aromatic N) is 1. The molecule has 0 aromatic heterocycles. The van der Waals surface area contributed by atoms with Gasteiger partial charge >= 0.3 is 0 Å². The van der Waals surface area contributed by atoms with Gasteiger partial charge in [0.1, 0.15) is 5.78 Å². The lowest BCUT2D eigenvalue weighted by Crippen LogP contribution is -2.13. The van der Waals surface area contributed by atoms with Gasteiger partial charge in [-0.3, -0.25) is 4.79 Å². The second-order valence-corrected chi connectivity index (χ2v) is 4.22. The molecule has 1 fully saturated rings. The average molecular weight is 177 g/mol. The summed E-state index contributed by atoms with van der Waals surface area (Å²) in [4.78, 5) is 11.2. The van der Waals surface area contributed by atoms with Crippen molar-refractivity contribution in [3.8, 4) is 6.07 Å². The third-order valence-corrected chi connectivity index (χ3v) is 2.81. The predicted octanol–water partition coefficient (Wildman–Crippen LogP) is 2.61. The molecule has 0 aliphatic heterocycles. The molecular formula is C11H15NO. The Morgan fingerprint density at radius 1 is 1.38 bits per heavy atom. The number of carbonyl (C=O) groups excluding carboxylic acids is 1. The summed E-state index contributed by atoms with van der Waals surface area (Å²) in [7, 11) is 0. The lowest BCUT2D eigenvalue weighted by atomic mass is 9.80. The molecule has 0 saturated heterocycles. The summed E-state index contributed by atoms with van der Waals surface area (Å²) in [6.45, 7) is 4.21. The third kappa shape index (κ3) is 2.42. The SMILES string of the molecule is CC1(C)CCC(=O)CC/C1=C/C#N. The van der Waals surface area contributed by atoms with E-state index in [0.29, 0.717) is 18.6 Å². The van der Waals surface area contributed by atoms with Crippen molar-refractivity contribution >= 4 is 5.78 Å². The summed E-state index contributed by atoms with van der Waals surface area (Å²) in [6.07, 6.45) is 4.52. The van der Waals surface area contributed by atoms with Crippen LogP contribution in [0.4, 0.5) is 0 Å². The van der Waals surface area contributed by atoms with Crippen LogP contribution in [0.1, 0.15) is 39.5 Å². The van der Waals surface area contributed by atoms with Gasteiger partial charge in [-0.1, -0.05) is 19.4 Å². The molecule has 0 aromatic rings. The van der Waals surface area contributed by atoms with Crippen molar-refractivity contribution in [2.45, 2.75) is 39.5 Å². The van der Waals surface area contributed by atoms with Gasteiger partial charge in [-0.2, -0.15) is 5.26 Å². The predicted molar refractivity (Wildman–Crippen MR) is 51.0 cm³/mol. The first-order valence-corrected chi connectivity index (χ1v) is 4.67. The Hall–Kier alpha value is -1.10. The van der Waals surface area contributed by atoms with Gasteiger partial charge in [-0.25, -0.2) is 0 Å². The molecule has 1 aliphatic carbocycles. The number of Topliss-reactive ketones (excluding diaryl/α,β-unsaturated/α-hetero) is 1. The number of nitriles is 1. The second kappa shape index (κ2) is 3.74. The Morgan fingerprint density at radius 3 is 2.69 bits per heavy atom. The summed E-state index contributed by atoms with van der Waals surface area (Å²) in [6, 6.07) is 2.06. The van der Waals surface area contributed by atoms with Crippen molar-refractivity contribution < 1.29 is 4.79 Å². The standard InChI is InChI=1S/C11H15NO/c1-11(2)7-5-10(13)4-3-9(11)6-8-12/h6H,3-5,7H2,1-2H3/b9-6-. The fraction of sp³-hybridized carbons (Fsp3) is 0.636. The molecule has 1 saturated carbocycles. The van der Waals surface area contributed by atoms with E-state index in [4.69, 9.17) is 5.26 Å². The van der Waals surface area contributed by atoms with E-state index in [-0.39, 0.29) is 5.41 Å². The Balaban J connectivity index is 2.88. The van der Waals surface area contributed by atoms with Crippen LogP contribution in [0.5, 0.6) is 0 Å². The van der Waals surface area contributed by atoms with Crippen LogP contribution in [0.25, 0.3) is 0 Å². The van der Waals surface area contributed by atoms with Crippen molar-refractivity contribution in [1.82, 2.24) is 0 Å². The van der Waals surface area contributed by atoms with Crippen molar-refractivity contribution in [2.75, 3.05) is 0 Å². The largest absolute Gasteiger partial charge is 0.300 e. The molecule has 0 atom stereocenters. The summed E-state index contributed by atoms with van der Waals surface area (Å²) in [5.74, 6) is 0.328. The normalized spacial score (nSPS) is 25.3. The maximum absolute atomic E-state index is 11.2. The van der Waals surface area contributed by atoms with Gasteiger partial charge in [0.05, 0.1) is 6.07 Å². The quantitative estimate of drug-likeness (QED) is 0.421. The van der Waals surface area contributed by atoms with Crippen LogP contribution in [0.3, 0.4) is 0 Å². The Bertz CT molecular complexity index is 281. The van der Waals surface area contributed by atoms with E-state index < -0.39 is 0 Å². The van der Waals surface area contributed by atoms with Gasteiger partial charge in [0.2, 0.25) is 0 Å². The molecule has 2 heteroatoms. The van der Waals surface area contributed by atoms with Crippen molar-refractivity contribution in [3.63, 3.8) is 0 Å². The Kier molecular flexibility index (Phi) is 2.87. The van der Waals surface area contributed by atoms with Crippen molar-refractivity contribution in [1.29, 1.82) is 5.26 Å². The average Bonchev–Trinajstić information content (AvgIpc) is 2.18. The highest BCUT2D eigenvalue weighted by molar-refractivity contribution is 5.79. The van der Waals surface area contributed by atoms with Gasteiger partial charge < -0.3 is 0 Å². The van der Waals surface area contributed by atoms with E-state index in [2.05, 4.69) is 19.9 Å². The van der Waals surface area contributed by atoms with Crippen LogP contribution >= 0.6 is 0 Å². The van der Waals surface area contributed by atoms with Crippen LogP contribution in [0.2, 0.25) is 0 Å². The van der Waals surface area contributed by atoms with E-state index >= 15 is 0 Å². The molecule has 13 heavy (non-hydrogen) atoms. The smallest absolute Gasteiger partial charge is 0.133 e. The number of carbonyl (C=O) groups is 1. The Labute approximate surface area is 79.2 Å². The minimum atomic E-state index is 0.0297. The molecule has 0 unspecified atom stereocenters. The highest BCUT2D eigenvalue weighted by atomic mass is 16.1. The zero-order valence-corrected chi connectivity index (χ0v) is 8.26. The van der Waals surface area contributed by atoms with Crippen LogP contribution < -0.4 is 0 Å². The van der Waals surface area contributed by atoms with E-state index in [1.54, 1.807) is 6.08 Å². The Morgan fingerprint density at radius 2 is 2.08 bits per heavy atom. The molecule has 1 rings (SSSR count). The van der Waals surface area contributed by atoms with Gasteiger partial charge in [0.25, 0.3) is 0 Å². The lowest BCUT2D eigenvalue weighted by molar-refractivity contribution is -0.119. The molecule has 0 radical (unpaired) electrons. The second-order valence-electron chi connectivity index (χ2n) is 4.22. The van der Waals surface area contributed by atoms with Gasteiger partial charge in [0.15, 0.2) is 0 Å². The molecule has 0 heterocycles. The molecule has 0 amide bonds. The van der Waals surface area contributed by atoms with E-state index in [1.165, 1.54) is 0 Å². The molecule has 70 valence electrons. The molecule has 0 aromatic carbocycles. The fourth-order valence-electron chi connectivity index (χ4n) is 1.70. The highest BCUT2D eigenvalue weighted by Gasteiger charge is 2.27. The van der Waals surface area contributed by atoms with Crippen LogP contribution in [0, 0.1) is 16.7 Å².